The summed E-state index contributed by atoms with van der Waals surface area (Å²) in [7, 11) is 1.78. The number of aromatic nitrogens is 1. The molecule has 5 rings (SSSR count). The Morgan fingerprint density at radius 3 is 2.37 bits per heavy atom. The van der Waals surface area contributed by atoms with E-state index in [0.29, 0.717) is 24.5 Å². The molecule has 1 atom stereocenters. The zero-order chi connectivity index (χ0) is 33.4. The number of amides is 2. The van der Waals surface area contributed by atoms with Crippen LogP contribution in [0, 0.1) is 0 Å². The first-order valence-corrected chi connectivity index (χ1v) is 17.9. The second-order valence-corrected chi connectivity index (χ2v) is 15.5. The minimum atomic E-state index is -3.60. The fourth-order valence-corrected chi connectivity index (χ4v) is 7.26. The van der Waals surface area contributed by atoms with E-state index in [-0.39, 0.29) is 34.7 Å². The molecule has 0 aliphatic carbocycles. The molecule has 2 aliphatic heterocycles. The summed E-state index contributed by atoms with van der Waals surface area (Å²) in [6, 6.07) is 11.6. The van der Waals surface area contributed by atoms with Gasteiger partial charge in [0.1, 0.15) is 5.69 Å². The van der Waals surface area contributed by atoms with E-state index < -0.39 is 10.0 Å². The normalized spacial score (nSPS) is 18.5. The molecule has 0 spiro atoms. The van der Waals surface area contributed by atoms with Crippen molar-refractivity contribution in [1.29, 1.82) is 0 Å². The van der Waals surface area contributed by atoms with Crippen molar-refractivity contribution in [3.8, 4) is 5.75 Å². The predicted octanol–water partition coefficient (Wildman–Crippen LogP) is 4.24. The summed E-state index contributed by atoms with van der Waals surface area (Å²) in [5.74, 6) is 0.158. The number of nitrogens with zero attached hydrogens (tertiary/aromatic N) is 4. The van der Waals surface area contributed by atoms with Gasteiger partial charge in [-0.15, -0.1) is 0 Å². The maximum Gasteiger partial charge on any atom is 0.272 e. The van der Waals surface area contributed by atoms with Crippen LogP contribution in [0.1, 0.15) is 61.6 Å². The van der Waals surface area contributed by atoms with Gasteiger partial charge in [0.2, 0.25) is 15.9 Å². The maximum atomic E-state index is 13.8. The second-order valence-electron chi connectivity index (χ2n) is 13.7. The van der Waals surface area contributed by atoms with Crippen LogP contribution in [0.2, 0.25) is 0 Å². The number of likely N-dealkylation sites (N-methyl/N-ethyl adjacent to an activating group) is 1. The first kappa shape index (κ1) is 33.7. The zero-order valence-electron chi connectivity index (χ0n) is 28.1. The van der Waals surface area contributed by atoms with Crippen LogP contribution < -0.4 is 14.8 Å². The van der Waals surface area contributed by atoms with E-state index >= 15 is 0 Å². The molecule has 250 valence electrons. The number of nitrogens with one attached hydrogen (secondary N) is 2. The van der Waals surface area contributed by atoms with Gasteiger partial charge in [-0.05, 0) is 67.6 Å². The van der Waals surface area contributed by atoms with Crippen molar-refractivity contribution in [2.75, 3.05) is 63.2 Å². The molecule has 2 saturated heterocycles. The number of methoxy groups -OCH3 is 1. The molecular formula is C34H48N6O5S. The van der Waals surface area contributed by atoms with Gasteiger partial charge in [-0.3, -0.25) is 24.1 Å². The molecule has 2 fully saturated rings. The number of hydrogen-bond donors (Lipinski definition) is 2. The first-order valence-electron chi connectivity index (χ1n) is 16.0. The number of para-hydroxylation sites is 1. The summed E-state index contributed by atoms with van der Waals surface area (Å²) >= 11 is 0. The number of sulfonamides is 1. The Morgan fingerprint density at radius 1 is 0.978 bits per heavy atom. The third-order valence-electron chi connectivity index (χ3n) is 9.17. The largest absolute Gasteiger partial charge is 0.492 e. The van der Waals surface area contributed by atoms with Crippen molar-refractivity contribution in [2.24, 2.45) is 7.05 Å². The fourth-order valence-electron chi connectivity index (χ4n) is 6.71. The lowest BCUT2D eigenvalue weighted by molar-refractivity contribution is -0.135. The molecule has 0 bridgehead atoms. The van der Waals surface area contributed by atoms with Gasteiger partial charge >= 0.3 is 0 Å². The number of hydrogen-bond acceptors (Lipinski definition) is 7. The van der Waals surface area contributed by atoms with Gasteiger partial charge in [-0.25, -0.2) is 8.42 Å². The number of fused-ring (bicyclic) bond motifs is 1. The highest BCUT2D eigenvalue weighted by Crippen LogP contribution is 2.39. The summed E-state index contributed by atoms with van der Waals surface area (Å²) in [4.78, 5) is 33.7. The molecule has 1 aromatic heterocycles. The van der Waals surface area contributed by atoms with Crippen LogP contribution in [0.25, 0.3) is 10.9 Å². The number of rotatable bonds is 8. The molecule has 0 radical (unpaired) electrons. The molecule has 3 aromatic rings. The van der Waals surface area contributed by atoms with Crippen LogP contribution in [0.4, 0.5) is 11.4 Å². The number of benzene rings is 2. The molecule has 2 N–H and O–H groups in total. The first-order chi connectivity index (χ1) is 21.7. The zero-order valence-corrected chi connectivity index (χ0v) is 29.0. The van der Waals surface area contributed by atoms with Gasteiger partial charge in [0.25, 0.3) is 5.91 Å². The standard InChI is InChI=1S/C34H48N6O5S/c1-34(2,3)25-20-26(31(45-6)27(21-25)36-46(7,43)44)35-32(41)29-19-23-11-8-12-24(30(23)38(29)5)22-39-15-10-16-40(18-17-39)33(42)28-13-9-14-37(28)4/h8,11-12,19-21,28,36H,9-10,13-18,22H2,1-7H3,(H,35,41)/t28-/m1/s1. The molecule has 0 unspecified atom stereocenters. The van der Waals surface area contributed by atoms with Crippen molar-refractivity contribution in [3.63, 3.8) is 0 Å². The van der Waals surface area contributed by atoms with Gasteiger partial charge in [0.15, 0.2) is 5.75 Å². The van der Waals surface area contributed by atoms with E-state index in [2.05, 4.69) is 25.9 Å². The third-order valence-corrected chi connectivity index (χ3v) is 9.77. The van der Waals surface area contributed by atoms with E-state index in [4.69, 9.17) is 4.74 Å². The summed E-state index contributed by atoms with van der Waals surface area (Å²) in [6.45, 7) is 10.9. The second kappa shape index (κ2) is 13.2. The summed E-state index contributed by atoms with van der Waals surface area (Å²) in [5.41, 5.74) is 3.72. The number of carbonyl (C=O) groups is 2. The number of anilines is 2. The molecule has 0 saturated carbocycles. The molecule has 12 heteroatoms. The summed E-state index contributed by atoms with van der Waals surface area (Å²) in [5, 5.41) is 3.95. The minimum Gasteiger partial charge on any atom is -0.492 e. The van der Waals surface area contributed by atoms with Gasteiger partial charge in [0.05, 0.1) is 36.3 Å². The minimum absolute atomic E-state index is 0.00618. The third kappa shape index (κ3) is 7.34. The highest BCUT2D eigenvalue weighted by atomic mass is 32.2. The average molecular weight is 653 g/mol. The number of carbonyl (C=O) groups excluding carboxylic acids is 2. The van der Waals surface area contributed by atoms with E-state index in [1.807, 2.05) is 68.6 Å². The van der Waals surface area contributed by atoms with Gasteiger partial charge in [-0.1, -0.05) is 39.0 Å². The van der Waals surface area contributed by atoms with Crippen molar-refractivity contribution in [3.05, 3.63) is 53.2 Å². The van der Waals surface area contributed by atoms with Crippen LogP contribution in [0.3, 0.4) is 0 Å². The molecular weight excluding hydrogens is 604 g/mol. The summed E-state index contributed by atoms with van der Waals surface area (Å²) < 4.78 is 34.4. The van der Waals surface area contributed by atoms with E-state index in [9.17, 15) is 18.0 Å². The average Bonchev–Trinajstić information content (AvgIpc) is 3.47. The Kier molecular flexibility index (Phi) is 9.72. The van der Waals surface area contributed by atoms with E-state index in [0.717, 1.165) is 73.7 Å². The number of likely N-dealkylation sites (tertiary alicyclic amines) is 1. The monoisotopic (exact) mass is 652 g/mol. The van der Waals surface area contributed by atoms with Crippen molar-refractivity contribution in [1.82, 2.24) is 19.3 Å². The maximum absolute atomic E-state index is 13.8. The van der Waals surface area contributed by atoms with Crippen LogP contribution in [-0.2, 0) is 33.8 Å². The molecule has 2 aliphatic rings. The van der Waals surface area contributed by atoms with Crippen LogP contribution in [-0.4, -0.2) is 98.7 Å². The topological polar surface area (TPSA) is 116 Å². The lowest BCUT2D eigenvalue weighted by Gasteiger charge is -2.27. The predicted molar refractivity (Wildman–Crippen MR) is 183 cm³/mol. The molecule has 11 nitrogen and oxygen atoms in total. The Balaban J connectivity index is 1.38. The summed E-state index contributed by atoms with van der Waals surface area (Å²) in [6.07, 6.45) is 4.02. The lowest BCUT2D eigenvalue weighted by atomic mass is 9.86. The van der Waals surface area contributed by atoms with E-state index in [1.54, 1.807) is 6.07 Å². The van der Waals surface area contributed by atoms with Crippen molar-refractivity contribution < 1.29 is 22.7 Å². The van der Waals surface area contributed by atoms with Crippen molar-refractivity contribution in [2.45, 2.75) is 58.0 Å². The Hall–Kier alpha value is -3.61. The molecule has 46 heavy (non-hydrogen) atoms. The highest BCUT2D eigenvalue weighted by molar-refractivity contribution is 7.92. The van der Waals surface area contributed by atoms with Crippen molar-refractivity contribution >= 4 is 44.1 Å². The van der Waals surface area contributed by atoms with Gasteiger partial charge in [-0.2, -0.15) is 0 Å². The fraction of sp³-hybridized carbons (Fsp3) is 0.529. The van der Waals surface area contributed by atoms with Crippen LogP contribution in [0.15, 0.2) is 36.4 Å². The lowest BCUT2D eigenvalue weighted by Crippen LogP contribution is -2.45. The smallest absolute Gasteiger partial charge is 0.272 e. The Morgan fingerprint density at radius 2 is 1.72 bits per heavy atom. The Bertz CT molecular complexity index is 1730. The number of ether oxygens (including phenoxy) is 1. The molecule has 2 amide bonds. The van der Waals surface area contributed by atoms with Gasteiger partial charge in [0, 0.05) is 45.2 Å². The van der Waals surface area contributed by atoms with E-state index in [1.165, 1.54) is 7.11 Å². The number of aryl methyl sites for hydroxylation is 1. The quantitative estimate of drug-likeness (QED) is 0.374. The highest BCUT2D eigenvalue weighted by Gasteiger charge is 2.32. The molecule has 3 heterocycles. The SMILES string of the molecule is COc1c(NC(=O)c2cc3cccc(CN4CCCN(C(=O)[C@H]5CCCN5C)CC4)c3n2C)cc(C(C)(C)C)cc1NS(C)(=O)=O. The molecule has 2 aromatic carbocycles. The van der Waals surface area contributed by atoms with Crippen LogP contribution in [0.5, 0.6) is 5.75 Å². The van der Waals surface area contributed by atoms with Crippen LogP contribution >= 0.6 is 0 Å². The Labute approximate surface area is 272 Å². The van der Waals surface area contributed by atoms with Gasteiger partial charge < -0.3 is 19.5 Å².